The molecule has 0 unspecified atom stereocenters. The van der Waals surface area contributed by atoms with Gasteiger partial charge >= 0.3 is 5.69 Å². The zero-order valence-electron chi connectivity index (χ0n) is 7.90. The summed E-state index contributed by atoms with van der Waals surface area (Å²) in [4.78, 5) is 15.3. The van der Waals surface area contributed by atoms with E-state index in [9.17, 15) is 4.79 Å². The Morgan fingerprint density at radius 3 is 2.23 bits per heavy atom. The molecule has 6 nitrogen and oxygen atoms in total. The van der Waals surface area contributed by atoms with Crippen LogP contribution in [-0.2, 0) is 14.1 Å². The molecule has 0 aliphatic heterocycles. The summed E-state index contributed by atoms with van der Waals surface area (Å²) in [5, 5.41) is 0. The van der Waals surface area contributed by atoms with Gasteiger partial charge in [-0.3, -0.25) is 14.1 Å². The van der Waals surface area contributed by atoms with Gasteiger partial charge in [-0.15, -0.1) is 0 Å². The van der Waals surface area contributed by atoms with Crippen LogP contribution in [0.1, 0.15) is 0 Å². The second kappa shape index (κ2) is 2.96. The van der Waals surface area contributed by atoms with Gasteiger partial charge in [0.05, 0.1) is 0 Å². The van der Waals surface area contributed by atoms with Gasteiger partial charge < -0.3 is 11.5 Å². The summed E-state index contributed by atoms with van der Waals surface area (Å²) in [6.45, 7) is 0. The van der Waals surface area contributed by atoms with Gasteiger partial charge in [-0.1, -0.05) is 0 Å². The molecule has 0 aliphatic carbocycles. The van der Waals surface area contributed by atoms with E-state index >= 15 is 0 Å². The van der Waals surface area contributed by atoms with Crippen molar-refractivity contribution in [2.45, 2.75) is 0 Å². The standard InChI is InChI=1S/C7H13N5O/c1-10-6-4(8)5(9)11(2)7(13)12(6)3/h8-9H2,1-3H3. The molecule has 0 amide bonds. The Hall–Kier alpha value is -1.72. The second-order valence-electron chi connectivity index (χ2n) is 2.75. The van der Waals surface area contributed by atoms with E-state index in [2.05, 4.69) is 4.99 Å². The molecule has 0 saturated carbocycles. The van der Waals surface area contributed by atoms with Crippen molar-refractivity contribution in [1.82, 2.24) is 9.13 Å². The van der Waals surface area contributed by atoms with Crippen molar-refractivity contribution in [1.29, 1.82) is 0 Å². The lowest BCUT2D eigenvalue weighted by atomic mass is 10.4. The first-order valence-electron chi connectivity index (χ1n) is 3.74. The van der Waals surface area contributed by atoms with Crippen LogP contribution in [0.4, 0.5) is 11.5 Å². The molecule has 0 atom stereocenters. The van der Waals surface area contributed by atoms with E-state index in [1.807, 2.05) is 0 Å². The molecule has 0 spiro atoms. The average molecular weight is 183 g/mol. The highest BCUT2D eigenvalue weighted by Crippen LogP contribution is 2.02. The Bertz CT molecular complexity index is 453. The summed E-state index contributed by atoms with van der Waals surface area (Å²) in [6, 6.07) is 0. The van der Waals surface area contributed by atoms with Crippen LogP contribution in [0.2, 0.25) is 0 Å². The van der Waals surface area contributed by atoms with Gasteiger partial charge in [-0.05, 0) is 0 Å². The minimum absolute atomic E-state index is 0.240. The molecule has 0 radical (unpaired) electrons. The molecule has 6 heteroatoms. The van der Waals surface area contributed by atoms with Crippen molar-refractivity contribution in [2.75, 3.05) is 18.5 Å². The third-order valence-corrected chi connectivity index (χ3v) is 1.98. The molecule has 0 bridgehead atoms. The van der Waals surface area contributed by atoms with Gasteiger partial charge in [0.1, 0.15) is 11.5 Å². The lowest BCUT2D eigenvalue weighted by Gasteiger charge is -2.09. The molecule has 1 rings (SSSR count). The van der Waals surface area contributed by atoms with Crippen LogP contribution in [0, 0.1) is 0 Å². The molecule has 1 aromatic rings. The Morgan fingerprint density at radius 2 is 1.77 bits per heavy atom. The zero-order chi connectivity index (χ0) is 10.2. The largest absolute Gasteiger partial charge is 0.393 e. The molecule has 72 valence electrons. The molecule has 0 aliphatic rings. The fraction of sp³-hybridized carbons (Fsp3) is 0.429. The number of hydrogen-bond donors (Lipinski definition) is 2. The summed E-state index contributed by atoms with van der Waals surface area (Å²) >= 11 is 0. The van der Waals surface area contributed by atoms with Crippen molar-refractivity contribution < 1.29 is 0 Å². The van der Waals surface area contributed by atoms with Gasteiger partial charge in [-0.25, -0.2) is 4.79 Å². The first kappa shape index (κ1) is 9.37. The summed E-state index contributed by atoms with van der Waals surface area (Å²) in [5.41, 5.74) is 11.7. The van der Waals surface area contributed by atoms with Crippen molar-refractivity contribution in [3.05, 3.63) is 16.0 Å². The van der Waals surface area contributed by atoms with Crippen LogP contribution in [0.25, 0.3) is 0 Å². The minimum atomic E-state index is -0.243. The quantitative estimate of drug-likeness (QED) is 0.508. The first-order valence-corrected chi connectivity index (χ1v) is 3.74. The molecule has 0 saturated heterocycles. The van der Waals surface area contributed by atoms with Crippen molar-refractivity contribution >= 4 is 11.5 Å². The van der Waals surface area contributed by atoms with E-state index in [0.717, 1.165) is 0 Å². The molecule has 4 N–H and O–H groups in total. The Morgan fingerprint density at radius 1 is 1.23 bits per heavy atom. The monoisotopic (exact) mass is 183 g/mol. The zero-order valence-corrected chi connectivity index (χ0v) is 7.90. The van der Waals surface area contributed by atoms with Crippen LogP contribution in [0.15, 0.2) is 9.79 Å². The number of nitrogen functional groups attached to an aromatic ring is 2. The van der Waals surface area contributed by atoms with E-state index in [0.29, 0.717) is 11.2 Å². The number of nitrogens with zero attached hydrogens (tertiary/aromatic N) is 3. The van der Waals surface area contributed by atoms with E-state index in [-0.39, 0.29) is 11.5 Å². The number of rotatable bonds is 0. The SMILES string of the molecule is CN=c1c(N)c(N)n(C)c(=O)n1C. The summed E-state index contributed by atoms with van der Waals surface area (Å²) in [6.07, 6.45) is 0. The molecular formula is C7H13N5O. The highest BCUT2D eigenvalue weighted by Gasteiger charge is 2.06. The van der Waals surface area contributed by atoms with E-state index in [1.54, 1.807) is 21.1 Å². The van der Waals surface area contributed by atoms with Crippen molar-refractivity contribution in [3.63, 3.8) is 0 Å². The normalized spacial score (nSPS) is 12.1. The Labute approximate surface area is 75.1 Å². The fourth-order valence-electron chi connectivity index (χ4n) is 1.16. The molecule has 0 aromatic carbocycles. The number of nitrogens with two attached hydrogens (primary N) is 2. The topological polar surface area (TPSA) is 91.3 Å². The van der Waals surface area contributed by atoms with Gasteiger partial charge in [-0.2, -0.15) is 0 Å². The fourth-order valence-corrected chi connectivity index (χ4v) is 1.16. The second-order valence-corrected chi connectivity index (χ2v) is 2.75. The van der Waals surface area contributed by atoms with Gasteiger partial charge in [0, 0.05) is 21.1 Å². The summed E-state index contributed by atoms with van der Waals surface area (Å²) in [5.74, 6) is 0.240. The van der Waals surface area contributed by atoms with Gasteiger partial charge in [0.15, 0.2) is 5.49 Å². The van der Waals surface area contributed by atoms with Crippen LogP contribution in [0.5, 0.6) is 0 Å². The lowest BCUT2D eigenvalue weighted by molar-refractivity contribution is 0.685. The highest BCUT2D eigenvalue weighted by atomic mass is 16.1. The van der Waals surface area contributed by atoms with E-state index in [4.69, 9.17) is 11.5 Å². The third kappa shape index (κ3) is 1.20. The van der Waals surface area contributed by atoms with Crippen molar-refractivity contribution in [3.8, 4) is 0 Å². The maximum atomic E-state index is 11.5. The van der Waals surface area contributed by atoms with Crippen LogP contribution in [0.3, 0.4) is 0 Å². The number of hydrogen-bond acceptors (Lipinski definition) is 4. The number of anilines is 2. The third-order valence-electron chi connectivity index (χ3n) is 1.98. The van der Waals surface area contributed by atoms with E-state index in [1.165, 1.54) is 9.13 Å². The number of aromatic nitrogens is 2. The predicted molar refractivity (Wildman–Crippen MR) is 51.0 cm³/mol. The maximum Gasteiger partial charge on any atom is 0.330 e. The van der Waals surface area contributed by atoms with Gasteiger partial charge in [0.25, 0.3) is 0 Å². The van der Waals surface area contributed by atoms with Crippen LogP contribution >= 0.6 is 0 Å². The van der Waals surface area contributed by atoms with E-state index < -0.39 is 0 Å². The smallest absolute Gasteiger partial charge is 0.330 e. The molecule has 0 fully saturated rings. The predicted octanol–water partition coefficient (Wildman–Crippen LogP) is -1.58. The Balaban J connectivity index is 3.90. The average Bonchev–Trinajstić information content (AvgIpc) is 2.13. The lowest BCUT2D eigenvalue weighted by Crippen LogP contribution is -2.40. The molecule has 1 heterocycles. The maximum absolute atomic E-state index is 11.5. The molecule has 13 heavy (non-hydrogen) atoms. The molecular weight excluding hydrogens is 170 g/mol. The molecule has 1 aromatic heterocycles. The van der Waals surface area contributed by atoms with Crippen molar-refractivity contribution in [2.24, 2.45) is 19.1 Å². The van der Waals surface area contributed by atoms with Gasteiger partial charge in [0.2, 0.25) is 0 Å². The summed E-state index contributed by atoms with van der Waals surface area (Å²) < 4.78 is 2.63. The minimum Gasteiger partial charge on any atom is -0.393 e. The first-order chi connectivity index (χ1) is 6.00. The highest BCUT2D eigenvalue weighted by molar-refractivity contribution is 5.56. The Kier molecular flexibility index (Phi) is 2.14. The summed E-state index contributed by atoms with van der Waals surface area (Å²) in [7, 11) is 4.72. The van der Waals surface area contributed by atoms with Crippen LogP contribution in [-0.4, -0.2) is 16.2 Å². The van der Waals surface area contributed by atoms with Crippen LogP contribution < -0.4 is 22.6 Å².